The number of ether oxygens (including phenoxy) is 2. The molecule has 13 nitrogen and oxygen atoms in total. The molecule has 3 rings (SSSR count). The second-order valence-electron chi connectivity index (χ2n) is 14.5. The number of esters is 1. The predicted octanol–water partition coefficient (Wildman–Crippen LogP) is 3.32. The molecule has 0 bridgehead atoms. The summed E-state index contributed by atoms with van der Waals surface area (Å²) in [4.78, 5) is 75.2. The minimum Gasteiger partial charge on any atom is -0.459 e. The maximum Gasteiger partial charge on any atom is 0.325 e. The van der Waals surface area contributed by atoms with Gasteiger partial charge in [-0.25, -0.2) is 4.79 Å². The van der Waals surface area contributed by atoms with E-state index in [0.29, 0.717) is 26.1 Å². The zero-order valence-corrected chi connectivity index (χ0v) is 30.7. The third-order valence-corrected chi connectivity index (χ3v) is 6.92. The Morgan fingerprint density at radius 2 is 1.47 bits per heavy atom. The molecule has 2 saturated heterocycles. The summed E-state index contributed by atoms with van der Waals surface area (Å²) >= 11 is 0. The summed E-state index contributed by atoms with van der Waals surface area (Å²) in [5.41, 5.74) is 4.26. The Labute approximate surface area is 282 Å². The first-order valence-electron chi connectivity index (χ1n) is 17.0. The molecule has 5 atom stereocenters. The summed E-state index contributed by atoms with van der Waals surface area (Å²) in [7, 11) is 0. The molecule has 3 fully saturated rings. The van der Waals surface area contributed by atoms with Gasteiger partial charge < -0.3 is 36.1 Å². The lowest BCUT2D eigenvalue weighted by Crippen LogP contribution is -2.60. The van der Waals surface area contributed by atoms with E-state index in [1.807, 2.05) is 6.92 Å². The highest BCUT2D eigenvalue weighted by Gasteiger charge is 2.44. The van der Waals surface area contributed by atoms with E-state index in [1.54, 1.807) is 20.8 Å². The van der Waals surface area contributed by atoms with Gasteiger partial charge in [0, 0.05) is 13.0 Å². The van der Waals surface area contributed by atoms with Gasteiger partial charge in [0.05, 0.1) is 19.3 Å². The van der Waals surface area contributed by atoms with E-state index in [1.165, 1.54) is 31.1 Å². The quantitative estimate of drug-likeness (QED) is 0.213. The number of ketones is 1. The summed E-state index contributed by atoms with van der Waals surface area (Å²) in [6, 6.07) is -3.80. The maximum absolute atomic E-state index is 13.5. The van der Waals surface area contributed by atoms with Crippen LogP contribution in [0, 0.1) is 23.2 Å². The molecule has 47 heavy (non-hydrogen) atoms. The molecule has 3 aliphatic rings. The molecule has 5 amide bonds. The van der Waals surface area contributed by atoms with Crippen molar-refractivity contribution in [2.45, 2.75) is 132 Å². The molecule has 5 N–H and O–H groups in total. The number of likely N-dealkylation sites (tertiary alicyclic amines) is 1. The first kappa shape index (κ1) is 43.8. The smallest absolute Gasteiger partial charge is 0.325 e. The monoisotopic (exact) mass is 669 g/mol. The Hall–Kier alpha value is -3.22. The van der Waals surface area contributed by atoms with E-state index in [-0.39, 0.29) is 25.1 Å². The van der Waals surface area contributed by atoms with E-state index < -0.39 is 59.0 Å². The lowest BCUT2D eigenvalue weighted by molar-refractivity contribution is -0.147. The molecule has 1 aliphatic carbocycles. The van der Waals surface area contributed by atoms with Crippen molar-refractivity contribution in [3.63, 3.8) is 0 Å². The Bertz CT molecular complexity index is 1020. The second-order valence-corrected chi connectivity index (χ2v) is 14.5. The lowest BCUT2D eigenvalue weighted by Gasteiger charge is -2.35. The van der Waals surface area contributed by atoms with Crippen molar-refractivity contribution in [2.24, 2.45) is 28.9 Å². The Kier molecular flexibility index (Phi) is 20.1. The van der Waals surface area contributed by atoms with Gasteiger partial charge in [0.15, 0.2) is 0 Å². The first-order valence-corrected chi connectivity index (χ1v) is 17.0. The number of hydrogen-bond donors (Lipinski definition) is 4. The number of primary amides is 1. The summed E-state index contributed by atoms with van der Waals surface area (Å²) in [6.45, 7) is 22.2. The number of nitrogens with zero attached hydrogens (tertiary/aromatic N) is 1. The van der Waals surface area contributed by atoms with Crippen LogP contribution in [0.15, 0.2) is 0 Å². The highest BCUT2D eigenvalue weighted by molar-refractivity contribution is 6.37. The maximum atomic E-state index is 13.5. The SMILES string of the molecule is CC(C)C.CC(NC(=O)C1C[C@@H](C)CN1C(=O)C(NC(=O)NCC(=O)OC1CCOC1)C(C)(C)C)C(=O)C(N)=O.CC1CC1.CCC. The van der Waals surface area contributed by atoms with Crippen LogP contribution in [-0.4, -0.2) is 90.9 Å². The fraction of sp³-hybridized carbons (Fsp3) is 0.824. The Morgan fingerprint density at radius 1 is 0.936 bits per heavy atom. The van der Waals surface area contributed by atoms with Gasteiger partial charge in [0.25, 0.3) is 5.91 Å². The van der Waals surface area contributed by atoms with Crippen LogP contribution < -0.4 is 21.7 Å². The number of Topliss-reactive ketones (excluding diaryl/α,β-unsaturated/α-hetero) is 1. The van der Waals surface area contributed by atoms with Gasteiger partial charge in [-0.15, -0.1) is 0 Å². The molecule has 2 heterocycles. The molecule has 0 spiro atoms. The number of carbonyl (C=O) groups excluding carboxylic acids is 6. The van der Waals surface area contributed by atoms with E-state index in [9.17, 15) is 28.8 Å². The minimum absolute atomic E-state index is 0.0179. The standard InChI is InChI=1S/C23H37N5O8.C4H8.C4H10.C3H8/c1-12-8-15(20(32)26-13(2)17(30)19(24)31)28(10-12)21(33)18(23(3,4)5)27-22(34)25-9-16(29)36-14-6-7-35-11-14;1-4-2-3-4;1-4(2)3;1-3-2/h12-15,18H,6-11H2,1-5H3,(H2,24,31)(H,26,32)(H2,25,27,34);4H,2-3H2,1H3;4H,1-3H3;3H2,1-2H3/t12-,13?,14?,15?,18?;;;/m1.../s1. The number of hydrogen-bond acceptors (Lipinski definition) is 8. The van der Waals surface area contributed by atoms with Gasteiger partial charge in [-0.2, -0.15) is 0 Å². The normalized spacial score (nSPS) is 21.3. The summed E-state index contributed by atoms with van der Waals surface area (Å²) < 4.78 is 10.3. The van der Waals surface area contributed by atoms with Crippen molar-refractivity contribution in [1.29, 1.82) is 0 Å². The van der Waals surface area contributed by atoms with E-state index in [2.05, 4.69) is 57.5 Å². The third-order valence-electron chi connectivity index (χ3n) is 6.92. The molecule has 2 aliphatic heterocycles. The van der Waals surface area contributed by atoms with Crippen LogP contribution in [0.5, 0.6) is 0 Å². The van der Waals surface area contributed by atoms with Crippen LogP contribution in [0.1, 0.15) is 108 Å². The topological polar surface area (TPSA) is 186 Å². The number of carbonyl (C=O) groups is 6. The van der Waals surface area contributed by atoms with Gasteiger partial charge in [-0.3, -0.25) is 24.0 Å². The molecule has 272 valence electrons. The van der Waals surface area contributed by atoms with Crippen LogP contribution >= 0.6 is 0 Å². The van der Waals surface area contributed by atoms with Crippen LogP contribution in [0.25, 0.3) is 0 Å². The van der Waals surface area contributed by atoms with Crippen molar-refractivity contribution in [1.82, 2.24) is 20.9 Å². The molecule has 0 aromatic carbocycles. The number of urea groups is 1. The van der Waals surface area contributed by atoms with Gasteiger partial charge in [-0.1, -0.05) is 88.5 Å². The number of rotatable bonds is 9. The van der Waals surface area contributed by atoms with E-state index in [4.69, 9.17) is 15.2 Å². The van der Waals surface area contributed by atoms with Crippen molar-refractivity contribution < 1.29 is 38.2 Å². The number of nitrogens with two attached hydrogens (primary N) is 1. The molecule has 0 radical (unpaired) electrons. The van der Waals surface area contributed by atoms with Crippen molar-refractivity contribution >= 4 is 35.5 Å². The van der Waals surface area contributed by atoms with Crippen LogP contribution in [0.2, 0.25) is 0 Å². The molecule has 0 aromatic rings. The Morgan fingerprint density at radius 3 is 1.89 bits per heavy atom. The number of nitrogens with one attached hydrogen (secondary N) is 3. The fourth-order valence-corrected chi connectivity index (χ4v) is 4.28. The minimum atomic E-state index is -1.17. The number of amides is 5. The lowest BCUT2D eigenvalue weighted by atomic mass is 9.85. The molecule has 13 heteroatoms. The van der Waals surface area contributed by atoms with Gasteiger partial charge >= 0.3 is 12.0 Å². The zero-order chi connectivity index (χ0) is 36.5. The average molecular weight is 670 g/mol. The third kappa shape index (κ3) is 18.6. The van der Waals surface area contributed by atoms with E-state index in [0.717, 1.165) is 11.8 Å². The summed E-state index contributed by atoms with van der Waals surface area (Å²) in [6.07, 6.45) is 4.82. The van der Waals surface area contributed by atoms with Gasteiger partial charge in [-0.05, 0) is 36.5 Å². The van der Waals surface area contributed by atoms with E-state index >= 15 is 0 Å². The average Bonchev–Trinajstić information content (AvgIpc) is 3.39. The van der Waals surface area contributed by atoms with Crippen molar-refractivity contribution in [3.8, 4) is 0 Å². The predicted molar refractivity (Wildman–Crippen MR) is 181 cm³/mol. The molecular weight excluding hydrogens is 606 g/mol. The molecule has 1 saturated carbocycles. The van der Waals surface area contributed by atoms with Crippen molar-refractivity contribution in [3.05, 3.63) is 0 Å². The van der Waals surface area contributed by atoms with Gasteiger partial charge in [0.2, 0.25) is 17.6 Å². The first-order chi connectivity index (χ1) is 21.7. The van der Waals surface area contributed by atoms with Gasteiger partial charge in [0.1, 0.15) is 24.7 Å². The van der Waals surface area contributed by atoms with Crippen LogP contribution in [0.3, 0.4) is 0 Å². The summed E-state index contributed by atoms with van der Waals surface area (Å²) in [5.74, 6) is -1.91. The van der Waals surface area contributed by atoms with Crippen LogP contribution in [0.4, 0.5) is 4.79 Å². The molecule has 4 unspecified atom stereocenters. The van der Waals surface area contributed by atoms with Crippen molar-refractivity contribution in [2.75, 3.05) is 26.3 Å². The molecule has 0 aromatic heterocycles. The highest BCUT2D eigenvalue weighted by Crippen LogP contribution is 2.28. The summed E-state index contributed by atoms with van der Waals surface area (Å²) in [5, 5.41) is 7.46. The highest BCUT2D eigenvalue weighted by atomic mass is 16.6. The molecular formula is C34H63N5O8. The largest absolute Gasteiger partial charge is 0.459 e. The second kappa shape index (κ2) is 21.6. The van der Waals surface area contributed by atoms with Crippen LogP contribution in [-0.2, 0) is 33.4 Å². The zero-order valence-electron chi connectivity index (χ0n) is 30.7. The Balaban J connectivity index is 0.00000164. The fourth-order valence-electron chi connectivity index (χ4n) is 4.28.